The molecule has 0 bridgehead atoms. The van der Waals surface area contributed by atoms with Crippen molar-refractivity contribution in [3.8, 4) is 0 Å². The zero-order valence-corrected chi connectivity index (χ0v) is 17.0. The quantitative estimate of drug-likeness (QED) is 0.405. The summed E-state index contributed by atoms with van der Waals surface area (Å²) in [4.78, 5) is 0. The van der Waals surface area contributed by atoms with E-state index in [2.05, 4.69) is 104 Å². The van der Waals surface area contributed by atoms with Crippen LogP contribution in [-0.2, 0) is 10.1 Å². The zero-order chi connectivity index (χ0) is 19.8. The molecule has 0 heterocycles. The predicted molar refractivity (Wildman–Crippen MR) is 118 cm³/mol. The highest BCUT2D eigenvalue weighted by Crippen LogP contribution is 2.55. The average Bonchev–Trinajstić information content (AvgIpc) is 2.67. The van der Waals surface area contributed by atoms with Crippen LogP contribution in [0.4, 0.5) is 0 Å². The van der Waals surface area contributed by atoms with E-state index in [9.17, 15) is 8.42 Å². The summed E-state index contributed by atoms with van der Waals surface area (Å²) in [6, 6.07) is 32.7. The first-order valence-corrected chi connectivity index (χ1v) is 12.3. The Morgan fingerprint density at radius 3 is 1.26 bits per heavy atom. The van der Waals surface area contributed by atoms with Gasteiger partial charge in [-0.15, -0.1) is 0 Å². The predicted octanol–water partition coefficient (Wildman–Crippen LogP) is 3.67. The Morgan fingerprint density at radius 1 is 0.778 bits per heavy atom. The van der Waals surface area contributed by atoms with Crippen LogP contribution in [0.1, 0.15) is 0 Å². The van der Waals surface area contributed by atoms with Crippen molar-refractivity contribution in [1.82, 2.24) is 0 Å². The summed E-state index contributed by atoms with van der Waals surface area (Å²) in [5.41, 5.74) is 0. The second-order valence-electron chi connectivity index (χ2n) is 6.02. The fourth-order valence-corrected chi connectivity index (χ4v) is 6.96. The molecule has 0 saturated carbocycles. The molecule has 140 valence electrons. The lowest BCUT2D eigenvalue weighted by atomic mass is 10.4. The maximum atomic E-state index is 9.19. The van der Waals surface area contributed by atoms with Gasteiger partial charge in [-0.3, -0.25) is 4.55 Å². The summed E-state index contributed by atoms with van der Waals surface area (Å²) < 4.78 is 25.9. The molecule has 0 atom stereocenters. The molecular weight excluding hydrogens is 375 g/mol. The first kappa shape index (κ1) is 21.0. The lowest BCUT2D eigenvalue weighted by Gasteiger charge is -2.26. The van der Waals surface area contributed by atoms with Gasteiger partial charge in [0, 0.05) is 0 Å². The minimum atomic E-state index is -3.67. The molecule has 0 radical (unpaired) electrons. The molecule has 0 fully saturated rings. The molecule has 0 aliphatic rings. The Labute approximate surface area is 162 Å². The number of benzene rings is 3. The van der Waals surface area contributed by atoms with Crippen LogP contribution in [0.25, 0.3) is 0 Å². The lowest BCUT2D eigenvalue weighted by Crippen LogP contribution is -2.32. The Bertz CT molecular complexity index is 836. The Balaban J connectivity index is 0.000000465. The van der Waals surface area contributed by atoms with Crippen LogP contribution in [0.2, 0.25) is 0 Å². The summed E-state index contributed by atoms with van der Waals surface area (Å²) in [7, 11) is -5.34. The van der Waals surface area contributed by atoms with E-state index in [1.165, 1.54) is 15.9 Å². The maximum Gasteiger partial charge on any atom is 0.261 e. The molecule has 27 heavy (non-hydrogen) atoms. The fraction of sp³-hybridized carbons (Fsp3) is 0.0909. The largest absolute Gasteiger partial charge is 0.286 e. The molecule has 0 unspecified atom stereocenters. The monoisotopic (exact) mass is 399 g/mol. The molecule has 3 aromatic carbocycles. The third-order valence-electron chi connectivity index (χ3n) is 3.99. The van der Waals surface area contributed by atoms with Gasteiger partial charge in [-0.25, -0.2) is 0 Å². The van der Waals surface area contributed by atoms with Crippen LogP contribution in [0.5, 0.6) is 0 Å². The molecule has 0 aliphatic carbocycles. The fourth-order valence-electron chi connectivity index (χ4n) is 3.00. The smallest absolute Gasteiger partial charge is 0.261 e. The summed E-state index contributed by atoms with van der Waals surface area (Å²) >= 11 is 0. The van der Waals surface area contributed by atoms with E-state index >= 15 is 0 Å². The molecule has 0 saturated heterocycles. The van der Waals surface area contributed by atoms with Gasteiger partial charge in [-0.2, -0.15) is 8.42 Å². The van der Waals surface area contributed by atoms with Crippen molar-refractivity contribution in [2.75, 3.05) is 12.4 Å². The zero-order valence-electron chi connectivity index (χ0n) is 15.3. The average molecular weight is 399 g/mol. The Hall–Kier alpha value is -2.26. The van der Waals surface area contributed by atoms with Crippen molar-refractivity contribution in [3.05, 3.63) is 104 Å². The van der Waals surface area contributed by atoms with Gasteiger partial charge in [0.1, 0.15) is 23.2 Å². The van der Waals surface area contributed by atoms with Crippen LogP contribution in [0.3, 0.4) is 0 Å². The van der Waals surface area contributed by atoms with Crippen LogP contribution in [0, 0.1) is 0 Å². The maximum absolute atomic E-state index is 9.19. The Morgan fingerprint density at radius 2 is 1.04 bits per heavy atom. The number of hydrogen-bond acceptors (Lipinski definition) is 2. The second kappa shape index (κ2) is 9.61. The van der Waals surface area contributed by atoms with E-state index < -0.39 is 17.4 Å². The van der Waals surface area contributed by atoms with E-state index in [0.29, 0.717) is 6.26 Å². The first-order valence-electron chi connectivity index (χ1n) is 8.46. The molecule has 3 nitrogen and oxygen atoms in total. The molecule has 5 heteroatoms. The van der Waals surface area contributed by atoms with Crippen molar-refractivity contribution < 1.29 is 13.0 Å². The minimum Gasteiger partial charge on any atom is -0.286 e. The number of allylic oxidation sites excluding steroid dienone is 1. The van der Waals surface area contributed by atoms with Crippen molar-refractivity contribution in [3.63, 3.8) is 0 Å². The van der Waals surface area contributed by atoms with Crippen LogP contribution >= 0.6 is 7.26 Å². The normalized spacial score (nSPS) is 11.2. The highest BCUT2D eigenvalue weighted by molar-refractivity contribution is 7.95. The Kier molecular flexibility index (Phi) is 7.49. The van der Waals surface area contributed by atoms with Crippen LogP contribution < -0.4 is 15.9 Å². The molecule has 0 amide bonds. The minimum absolute atomic E-state index is 0.715. The third-order valence-corrected chi connectivity index (χ3v) is 8.34. The molecule has 1 N–H and O–H groups in total. The summed E-state index contributed by atoms with van der Waals surface area (Å²) in [6.45, 7) is 4.05. The standard InChI is InChI=1S/C21H20P.CH4O3S/c1-2-18-22(19-12-6-3-7-13-19,20-14-8-4-9-15-20)21-16-10-5-11-17-21;1-5(2,3)4/h2-17H,1,18H2;1H3,(H,2,3,4)/q+1;. The van der Waals surface area contributed by atoms with Crippen molar-refractivity contribution >= 4 is 33.3 Å². The summed E-state index contributed by atoms with van der Waals surface area (Å²) in [6.07, 6.45) is 3.76. The molecular formula is C22H24O3PS+. The second-order valence-corrected chi connectivity index (χ2v) is 11.0. The van der Waals surface area contributed by atoms with Gasteiger partial charge >= 0.3 is 0 Å². The molecule has 0 aromatic heterocycles. The lowest BCUT2D eigenvalue weighted by molar-refractivity contribution is 0.490. The van der Waals surface area contributed by atoms with E-state index in [4.69, 9.17) is 4.55 Å². The van der Waals surface area contributed by atoms with E-state index in [1.807, 2.05) is 0 Å². The number of rotatable bonds is 5. The summed E-state index contributed by atoms with van der Waals surface area (Å²) in [5.74, 6) is 0. The van der Waals surface area contributed by atoms with Gasteiger partial charge in [0.15, 0.2) is 0 Å². The summed E-state index contributed by atoms with van der Waals surface area (Å²) in [5, 5.41) is 4.23. The van der Waals surface area contributed by atoms with Crippen molar-refractivity contribution in [2.24, 2.45) is 0 Å². The van der Waals surface area contributed by atoms with Gasteiger partial charge in [-0.1, -0.05) is 67.3 Å². The first-order chi connectivity index (χ1) is 12.9. The highest BCUT2D eigenvalue weighted by atomic mass is 32.2. The van der Waals surface area contributed by atoms with Gasteiger partial charge < -0.3 is 0 Å². The van der Waals surface area contributed by atoms with Gasteiger partial charge in [-0.05, 0) is 36.4 Å². The van der Waals surface area contributed by atoms with E-state index in [1.54, 1.807) is 0 Å². The third kappa shape index (κ3) is 5.86. The molecule has 0 aliphatic heterocycles. The van der Waals surface area contributed by atoms with Gasteiger partial charge in [0.2, 0.25) is 0 Å². The van der Waals surface area contributed by atoms with Crippen LogP contribution in [0.15, 0.2) is 104 Å². The highest BCUT2D eigenvalue weighted by Gasteiger charge is 2.43. The SMILES string of the molecule is C=CC[P+](c1ccccc1)(c1ccccc1)c1ccccc1.CS(=O)(=O)O. The van der Waals surface area contributed by atoms with E-state index in [0.717, 1.165) is 6.16 Å². The van der Waals surface area contributed by atoms with Crippen molar-refractivity contribution in [2.45, 2.75) is 0 Å². The molecule has 0 spiro atoms. The molecule has 3 aromatic rings. The van der Waals surface area contributed by atoms with Crippen molar-refractivity contribution in [1.29, 1.82) is 0 Å². The van der Waals surface area contributed by atoms with Gasteiger partial charge in [0.25, 0.3) is 10.1 Å². The molecule has 3 rings (SSSR count). The van der Waals surface area contributed by atoms with E-state index in [-0.39, 0.29) is 0 Å². The number of hydrogen-bond donors (Lipinski definition) is 1. The topological polar surface area (TPSA) is 54.4 Å². The van der Waals surface area contributed by atoms with Gasteiger partial charge in [0.05, 0.1) is 12.4 Å². The van der Waals surface area contributed by atoms with Crippen LogP contribution in [-0.4, -0.2) is 25.4 Å².